The average molecular weight is 436 g/mol. The molecule has 11 nitrogen and oxygen atoms in total. The van der Waals surface area contributed by atoms with Gasteiger partial charge in [-0.25, -0.2) is 4.79 Å². The van der Waals surface area contributed by atoms with Gasteiger partial charge in [0.2, 0.25) is 17.7 Å². The maximum Gasteiger partial charge on any atom is 0.326 e. The zero-order valence-corrected chi connectivity index (χ0v) is 17.2. The first-order valence-electron chi connectivity index (χ1n) is 9.92. The number of hydrogen-bond acceptors (Lipinski definition) is 7. The highest BCUT2D eigenvalue weighted by atomic mass is 16.4. The van der Waals surface area contributed by atoms with Crippen LogP contribution in [0.3, 0.4) is 0 Å². The van der Waals surface area contributed by atoms with Crippen molar-refractivity contribution in [1.82, 2.24) is 15.5 Å². The molecule has 0 bridgehead atoms. The van der Waals surface area contributed by atoms with Gasteiger partial charge in [0.25, 0.3) is 0 Å². The maximum absolute atomic E-state index is 12.6. The summed E-state index contributed by atoms with van der Waals surface area (Å²) in [6.07, 6.45) is 0.926. The normalized spacial score (nSPS) is 18.7. The molecule has 4 unspecified atom stereocenters. The molecular formula is C20H28N4O7. The van der Waals surface area contributed by atoms with Crippen molar-refractivity contribution in [3.8, 4) is 5.75 Å². The Balaban J connectivity index is 2.02. The molecule has 1 heterocycles. The number of phenolic OH excluding ortho intramolecular Hbond substituents is 1. The molecule has 7 N–H and O–H groups in total. The fourth-order valence-electron chi connectivity index (χ4n) is 3.37. The summed E-state index contributed by atoms with van der Waals surface area (Å²) in [6, 6.07) is 1.54. The molecule has 1 aromatic rings. The molecule has 1 saturated heterocycles. The minimum Gasteiger partial charge on any atom is -0.508 e. The number of hydrogen-bond donors (Lipinski definition) is 6. The first kappa shape index (κ1) is 24.1. The van der Waals surface area contributed by atoms with E-state index in [1.165, 1.54) is 36.1 Å². The standard InChI is InChI=1S/C20H28N4O7/c1-11(21)19(29)24-8-2-3-16(24)18(28)23-15(10-25)17(27)22-14(20(30)31)9-12-4-6-13(26)7-5-12/h4-7,11,14-16,25-26H,2-3,8-10,21H2,1H3,(H,22,27)(H,23,28)(H,30,31). The third-order valence-corrected chi connectivity index (χ3v) is 5.03. The molecule has 31 heavy (non-hydrogen) atoms. The molecule has 11 heteroatoms. The number of phenols is 1. The average Bonchev–Trinajstić information content (AvgIpc) is 3.21. The van der Waals surface area contributed by atoms with Crippen LogP contribution in [0.15, 0.2) is 24.3 Å². The van der Waals surface area contributed by atoms with E-state index in [4.69, 9.17) is 5.73 Å². The van der Waals surface area contributed by atoms with E-state index < -0.39 is 48.6 Å². The first-order valence-corrected chi connectivity index (χ1v) is 9.92. The SMILES string of the molecule is CC(N)C(=O)N1CCCC1C(=O)NC(CO)C(=O)NC(Cc1ccc(O)cc1)C(=O)O. The van der Waals surface area contributed by atoms with Gasteiger partial charge in [-0.15, -0.1) is 0 Å². The summed E-state index contributed by atoms with van der Waals surface area (Å²) < 4.78 is 0. The lowest BCUT2D eigenvalue weighted by molar-refractivity contribution is -0.143. The van der Waals surface area contributed by atoms with E-state index in [0.29, 0.717) is 24.9 Å². The van der Waals surface area contributed by atoms with Crippen molar-refractivity contribution in [3.05, 3.63) is 29.8 Å². The van der Waals surface area contributed by atoms with Gasteiger partial charge in [0.1, 0.15) is 23.9 Å². The van der Waals surface area contributed by atoms with Crippen LogP contribution in [0.1, 0.15) is 25.3 Å². The van der Waals surface area contributed by atoms with E-state index in [2.05, 4.69) is 10.6 Å². The van der Waals surface area contributed by atoms with E-state index >= 15 is 0 Å². The monoisotopic (exact) mass is 436 g/mol. The zero-order valence-electron chi connectivity index (χ0n) is 17.2. The van der Waals surface area contributed by atoms with Crippen molar-refractivity contribution in [1.29, 1.82) is 0 Å². The summed E-state index contributed by atoms with van der Waals surface area (Å²) in [5.74, 6) is -3.15. The van der Waals surface area contributed by atoms with Gasteiger partial charge < -0.3 is 36.6 Å². The number of likely N-dealkylation sites (tertiary alicyclic amines) is 1. The number of nitrogens with zero attached hydrogens (tertiary/aromatic N) is 1. The molecule has 0 saturated carbocycles. The number of nitrogens with two attached hydrogens (primary N) is 1. The maximum atomic E-state index is 12.6. The van der Waals surface area contributed by atoms with Crippen LogP contribution in [0.25, 0.3) is 0 Å². The fraction of sp³-hybridized carbons (Fsp3) is 0.500. The molecule has 1 aliphatic heterocycles. The van der Waals surface area contributed by atoms with Crippen molar-refractivity contribution in [2.75, 3.05) is 13.2 Å². The van der Waals surface area contributed by atoms with Gasteiger partial charge in [0.05, 0.1) is 12.6 Å². The molecule has 4 atom stereocenters. The lowest BCUT2D eigenvalue weighted by atomic mass is 10.1. The molecule has 170 valence electrons. The largest absolute Gasteiger partial charge is 0.508 e. The lowest BCUT2D eigenvalue weighted by Crippen LogP contribution is -2.57. The number of aliphatic carboxylic acids is 1. The number of carbonyl (C=O) groups is 4. The highest BCUT2D eigenvalue weighted by Crippen LogP contribution is 2.18. The summed E-state index contributed by atoms with van der Waals surface area (Å²) in [6.45, 7) is 1.12. The Hall–Kier alpha value is -3.18. The smallest absolute Gasteiger partial charge is 0.326 e. The van der Waals surface area contributed by atoms with Gasteiger partial charge in [-0.3, -0.25) is 14.4 Å². The van der Waals surface area contributed by atoms with Crippen LogP contribution < -0.4 is 16.4 Å². The Morgan fingerprint density at radius 2 is 1.81 bits per heavy atom. The molecule has 1 aliphatic rings. The first-order chi connectivity index (χ1) is 14.6. The number of rotatable bonds is 9. The van der Waals surface area contributed by atoms with Gasteiger partial charge >= 0.3 is 5.97 Å². The van der Waals surface area contributed by atoms with Crippen LogP contribution in [0.5, 0.6) is 5.75 Å². The summed E-state index contributed by atoms with van der Waals surface area (Å²) in [7, 11) is 0. The van der Waals surface area contributed by atoms with Gasteiger partial charge in [-0.1, -0.05) is 12.1 Å². The molecule has 0 aliphatic carbocycles. The van der Waals surface area contributed by atoms with Crippen LogP contribution in [0.4, 0.5) is 0 Å². The van der Waals surface area contributed by atoms with Crippen molar-refractivity contribution >= 4 is 23.7 Å². The summed E-state index contributed by atoms with van der Waals surface area (Å²) in [5, 5.41) is 33.0. The predicted molar refractivity (Wildman–Crippen MR) is 109 cm³/mol. The van der Waals surface area contributed by atoms with Crippen molar-refractivity contribution in [2.24, 2.45) is 5.73 Å². The second kappa shape index (κ2) is 10.7. The molecule has 0 aromatic heterocycles. The van der Waals surface area contributed by atoms with Crippen LogP contribution in [0.2, 0.25) is 0 Å². The molecule has 2 rings (SSSR count). The number of carboxylic acid groups (broad SMARTS) is 1. The number of amides is 3. The lowest BCUT2D eigenvalue weighted by Gasteiger charge is -2.27. The van der Waals surface area contributed by atoms with Gasteiger partial charge in [-0.05, 0) is 37.5 Å². The van der Waals surface area contributed by atoms with Crippen molar-refractivity contribution < 1.29 is 34.5 Å². The van der Waals surface area contributed by atoms with Crippen molar-refractivity contribution in [3.63, 3.8) is 0 Å². The molecule has 3 amide bonds. The fourth-order valence-corrected chi connectivity index (χ4v) is 3.37. The van der Waals surface area contributed by atoms with E-state index in [0.717, 1.165) is 0 Å². The van der Waals surface area contributed by atoms with Crippen LogP contribution in [-0.4, -0.2) is 81.2 Å². The molecule has 0 spiro atoms. The Labute approximate surface area is 179 Å². The quantitative estimate of drug-likeness (QED) is 0.265. The van der Waals surface area contributed by atoms with E-state index in [9.17, 15) is 34.5 Å². The number of aromatic hydroxyl groups is 1. The van der Waals surface area contributed by atoms with E-state index in [-0.39, 0.29) is 18.1 Å². The number of nitrogens with one attached hydrogen (secondary N) is 2. The topological polar surface area (TPSA) is 182 Å². The van der Waals surface area contributed by atoms with E-state index in [1.54, 1.807) is 0 Å². The van der Waals surface area contributed by atoms with E-state index in [1.807, 2.05) is 0 Å². The highest BCUT2D eigenvalue weighted by molar-refractivity contribution is 5.94. The third kappa shape index (κ3) is 6.40. The van der Waals surface area contributed by atoms with Crippen LogP contribution in [0, 0.1) is 0 Å². The van der Waals surface area contributed by atoms with Crippen LogP contribution in [-0.2, 0) is 25.6 Å². The second-order valence-corrected chi connectivity index (χ2v) is 7.49. The Morgan fingerprint density at radius 3 is 2.35 bits per heavy atom. The molecule has 0 radical (unpaired) electrons. The zero-order chi connectivity index (χ0) is 23.1. The summed E-state index contributed by atoms with van der Waals surface area (Å²) >= 11 is 0. The Bertz CT molecular complexity index is 812. The Morgan fingerprint density at radius 1 is 1.16 bits per heavy atom. The number of carboxylic acids is 1. The predicted octanol–water partition coefficient (Wildman–Crippen LogP) is -1.68. The van der Waals surface area contributed by atoms with Gasteiger partial charge in [0.15, 0.2) is 0 Å². The van der Waals surface area contributed by atoms with Gasteiger partial charge in [-0.2, -0.15) is 0 Å². The van der Waals surface area contributed by atoms with Crippen molar-refractivity contribution in [2.45, 2.75) is 50.4 Å². The third-order valence-electron chi connectivity index (χ3n) is 5.03. The molecule has 1 aromatic carbocycles. The number of benzene rings is 1. The number of aliphatic hydroxyl groups excluding tert-OH is 1. The second-order valence-electron chi connectivity index (χ2n) is 7.49. The molecular weight excluding hydrogens is 408 g/mol. The summed E-state index contributed by atoms with van der Waals surface area (Å²) in [4.78, 5) is 50.2. The van der Waals surface area contributed by atoms with Gasteiger partial charge in [0, 0.05) is 13.0 Å². The molecule has 1 fully saturated rings. The number of carbonyl (C=O) groups excluding carboxylic acids is 3. The minimum absolute atomic E-state index is 0.0196. The summed E-state index contributed by atoms with van der Waals surface area (Å²) in [5.41, 5.74) is 6.17. The Kier molecular flexibility index (Phi) is 8.34. The highest BCUT2D eigenvalue weighted by Gasteiger charge is 2.37. The number of aliphatic hydroxyl groups is 1. The minimum atomic E-state index is -1.39. The van der Waals surface area contributed by atoms with Crippen LogP contribution >= 0.6 is 0 Å².